The van der Waals surface area contributed by atoms with Crippen molar-refractivity contribution in [3.63, 3.8) is 0 Å². The van der Waals surface area contributed by atoms with Crippen molar-refractivity contribution in [2.24, 2.45) is 5.41 Å². The first-order valence-corrected chi connectivity index (χ1v) is 6.31. The van der Waals surface area contributed by atoms with Crippen LogP contribution in [-0.4, -0.2) is 12.6 Å². The molecule has 1 nitrogen and oxygen atoms in total. The van der Waals surface area contributed by atoms with Crippen LogP contribution in [0.5, 0.6) is 0 Å². The highest BCUT2D eigenvalue weighted by molar-refractivity contribution is 5.16. The Kier molecular flexibility index (Phi) is 5.01. The fourth-order valence-electron chi connectivity index (χ4n) is 1.81. The zero-order chi connectivity index (χ0) is 12.0. The Morgan fingerprint density at radius 3 is 2.38 bits per heavy atom. The molecule has 90 valence electrons. The van der Waals surface area contributed by atoms with E-state index in [1.54, 1.807) is 0 Å². The molecule has 0 aliphatic rings. The van der Waals surface area contributed by atoms with E-state index >= 15 is 0 Å². The van der Waals surface area contributed by atoms with Crippen molar-refractivity contribution in [1.82, 2.24) is 5.32 Å². The van der Waals surface area contributed by atoms with Gasteiger partial charge in [-0.2, -0.15) is 0 Å². The number of nitrogens with one attached hydrogen (secondary N) is 1. The molecule has 1 N–H and O–H groups in total. The second-order valence-corrected chi connectivity index (χ2v) is 5.52. The molecule has 0 bridgehead atoms. The predicted molar refractivity (Wildman–Crippen MR) is 71.7 cm³/mol. The first-order chi connectivity index (χ1) is 7.53. The summed E-state index contributed by atoms with van der Waals surface area (Å²) < 4.78 is 0. The van der Waals surface area contributed by atoms with Crippen LogP contribution in [0.2, 0.25) is 0 Å². The van der Waals surface area contributed by atoms with Gasteiger partial charge in [0.15, 0.2) is 0 Å². The highest BCUT2D eigenvalue weighted by Crippen LogP contribution is 2.20. The van der Waals surface area contributed by atoms with Crippen molar-refractivity contribution in [2.75, 3.05) is 6.54 Å². The molecule has 0 saturated heterocycles. The largest absolute Gasteiger partial charge is 0.314 e. The minimum Gasteiger partial charge on any atom is -0.314 e. The lowest BCUT2D eigenvalue weighted by Gasteiger charge is -2.27. The molecule has 1 heteroatoms. The molecule has 1 rings (SSSR count). The minimum atomic E-state index is 0.324. The van der Waals surface area contributed by atoms with Crippen LogP contribution in [0.4, 0.5) is 0 Å². The van der Waals surface area contributed by atoms with Crippen LogP contribution in [0.1, 0.15) is 39.7 Å². The summed E-state index contributed by atoms with van der Waals surface area (Å²) in [7, 11) is 0. The highest BCUT2D eigenvalue weighted by Gasteiger charge is 2.18. The predicted octanol–water partition coefficient (Wildman–Crippen LogP) is 3.64. The summed E-state index contributed by atoms with van der Waals surface area (Å²) in [6.07, 6.45) is 2.33. The fourth-order valence-corrected chi connectivity index (χ4v) is 1.81. The maximum Gasteiger partial charge on any atom is 0.00363 e. The van der Waals surface area contributed by atoms with E-state index in [0.717, 1.165) is 13.0 Å². The van der Waals surface area contributed by atoms with E-state index in [4.69, 9.17) is 0 Å². The molecule has 0 saturated carbocycles. The second kappa shape index (κ2) is 6.05. The molecule has 0 aromatic heterocycles. The van der Waals surface area contributed by atoms with Crippen molar-refractivity contribution in [3.05, 3.63) is 35.9 Å². The van der Waals surface area contributed by atoms with Crippen molar-refractivity contribution >= 4 is 0 Å². The topological polar surface area (TPSA) is 12.0 Å². The Hall–Kier alpha value is -0.820. The van der Waals surface area contributed by atoms with Crippen molar-refractivity contribution < 1.29 is 0 Å². The number of rotatable bonds is 6. The van der Waals surface area contributed by atoms with Crippen molar-refractivity contribution in [2.45, 2.75) is 46.6 Å². The van der Waals surface area contributed by atoms with Gasteiger partial charge in [-0.3, -0.25) is 0 Å². The Labute approximate surface area is 100 Å². The van der Waals surface area contributed by atoms with Gasteiger partial charge >= 0.3 is 0 Å². The molecule has 1 unspecified atom stereocenters. The molecule has 1 aromatic rings. The summed E-state index contributed by atoms with van der Waals surface area (Å²) in [6, 6.07) is 11.4. The van der Waals surface area contributed by atoms with E-state index in [2.05, 4.69) is 63.3 Å². The van der Waals surface area contributed by atoms with Gasteiger partial charge in [-0.15, -0.1) is 0 Å². The van der Waals surface area contributed by atoms with Gasteiger partial charge in [-0.05, 0) is 30.7 Å². The number of hydrogen-bond acceptors (Lipinski definition) is 1. The molecule has 0 radical (unpaired) electrons. The monoisotopic (exact) mass is 219 g/mol. The summed E-state index contributed by atoms with van der Waals surface area (Å²) >= 11 is 0. The average molecular weight is 219 g/mol. The van der Waals surface area contributed by atoms with E-state index in [9.17, 15) is 0 Å². The first kappa shape index (κ1) is 13.2. The van der Waals surface area contributed by atoms with Crippen LogP contribution in [0.25, 0.3) is 0 Å². The minimum absolute atomic E-state index is 0.324. The second-order valence-electron chi connectivity index (χ2n) is 5.52. The summed E-state index contributed by atoms with van der Waals surface area (Å²) in [6.45, 7) is 10.2. The maximum atomic E-state index is 3.59. The Morgan fingerprint density at radius 1 is 1.19 bits per heavy atom. The molecule has 0 spiro atoms. The van der Waals surface area contributed by atoms with Crippen LogP contribution in [0, 0.1) is 5.41 Å². The van der Waals surface area contributed by atoms with Gasteiger partial charge in [-0.1, -0.05) is 51.1 Å². The van der Waals surface area contributed by atoms with Gasteiger partial charge < -0.3 is 5.32 Å². The van der Waals surface area contributed by atoms with Gasteiger partial charge in [0.05, 0.1) is 0 Å². The lowest BCUT2D eigenvalue weighted by Crippen LogP contribution is -2.36. The fraction of sp³-hybridized carbons (Fsp3) is 0.600. The van der Waals surface area contributed by atoms with E-state index in [-0.39, 0.29) is 0 Å². The number of hydrogen-bond donors (Lipinski definition) is 1. The average Bonchev–Trinajstić information content (AvgIpc) is 2.27. The van der Waals surface area contributed by atoms with Crippen LogP contribution in [0.15, 0.2) is 30.3 Å². The third-order valence-corrected chi connectivity index (χ3v) is 3.07. The molecule has 0 aliphatic heterocycles. The van der Waals surface area contributed by atoms with Crippen LogP contribution in [-0.2, 0) is 6.42 Å². The van der Waals surface area contributed by atoms with E-state index in [0.29, 0.717) is 11.5 Å². The van der Waals surface area contributed by atoms with E-state index in [1.807, 2.05) is 0 Å². The third-order valence-electron chi connectivity index (χ3n) is 3.07. The molecule has 1 aromatic carbocycles. The maximum absolute atomic E-state index is 3.59. The van der Waals surface area contributed by atoms with Crippen molar-refractivity contribution in [1.29, 1.82) is 0 Å². The van der Waals surface area contributed by atoms with Crippen molar-refractivity contribution in [3.8, 4) is 0 Å². The van der Waals surface area contributed by atoms with Gasteiger partial charge in [0, 0.05) is 12.6 Å². The first-order valence-electron chi connectivity index (χ1n) is 6.31. The SMILES string of the molecule is CCC(C)NCC(C)(C)Cc1ccccc1. The molecule has 0 heterocycles. The molecule has 0 amide bonds. The zero-order valence-corrected chi connectivity index (χ0v) is 11.1. The molecule has 16 heavy (non-hydrogen) atoms. The lowest BCUT2D eigenvalue weighted by atomic mass is 9.85. The van der Waals surface area contributed by atoms with Gasteiger partial charge in [0.25, 0.3) is 0 Å². The lowest BCUT2D eigenvalue weighted by molar-refractivity contribution is 0.319. The summed E-state index contributed by atoms with van der Waals surface area (Å²) in [5.41, 5.74) is 1.75. The third kappa shape index (κ3) is 4.80. The van der Waals surface area contributed by atoms with Gasteiger partial charge in [0.2, 0.25) is 0 Å². The van der Waals surface area contributed by atoms with Crippen LogP contribution in [0.3, 0.4) is 0 Å². The molecular formula is C15H25N. The summed E-state index contributed by atoms with van der Waals surface area (Å²) in [4.78, 5) is 0. The Balaban J connectivity index is 2.45. The van der Waals surface area contributed by atoms with E-state index < -0.39 is 0 Å². The molecule has 1 atom stereocenters. The normalized spacial score (nSPS) is 13.8. The zero-order valence-electron chi connectivity index (χ0n) is 11.1. The summed E-state index contributed by atoms with van der Waals surface area (Å²) in [5, 5.41) is 3.59. The smallest absolute Gasteiger partial charge is 0.00363 e. The Bertz CT molecular complexity index is 290. The molecule has 0 aliphatic carbocycles. The molecular weight excluding hydrogens is 194 g/mol. The standard InChI is InChI=1S/C15H25N/c1-5-13(2)16-12-15(3,4)11-14-9-7-6-8-10-14/h6-10,13,16H,5,11-12H2,1-4H3. The summed E-state index contributed by atoms with van der Waals surface area (Å²) in [5.74, 6) is 0. The van der Waals surface area contributed by atoms with Gasteiger partial charge in [0.1, 0.15) is 0 Å². The van der Waals surface area contributed by atoms with E-state index in [1.165, 1.54) is 12.0 Å². The Morgan fingerprint density at radius 2 is 1.81 bits per heavy atom. The van der Waals surface area contributed by atoms with Crippen LogP contribution >= 0.6 is 0 Å². The molecule has 0 fully saturated rings. The quantitative estimate of drug-likeness (QED) is 0.770. The highest BCUT2D eigenvalue weighted by atomic mass is 14.9. The van der Waals surface area contributed by atoms with Gasteiger partial charge in [-0.25, -0.2) is 0 Å². The van der Waals surface area contributed by atoms with Crippen LogP contribution < -0.4 is 5.32 Å². The number of benzene rings is 1.